The van der Waals surface area contributed by atoms with Gasteiger partial charge in [0.2, 0.25) is 5.91 Å². The van der Waals surface area contributed by atoms with Crippen molar-refractivity contribution < 1.29 is 27.6 Å². The lowest BCUT2D eigenvalue weighted by Crippen LogP contribution is -2.30. The number of carbonyl (C=O) groups is 3. The first-order valence-corrected chi connectivity index (χ1v) is 13.8. The monoisotopic (exact) mass is 609 g/mol. The van der Waals surface area contributed by atoms with Crippen molar-refractivity contribution in [3.63, 3.8) is 0 Å². The van der Waals surface area contributed by atoms with Crippen LogP contribution in [-0.4, -0.2) is 23.5 Å². The van der Waals surface area contributed by atoms with Gasteiger partial charge in [-0.3, -0.25) is 14.4 Å². The predicted molar refractivity (Wildman–Crippen MR) is 159 cm³/mol. The largest absolute Gasteiger partial charge is 0.416 e. The number of carbonyl (C=O) groups excluding carboxylic acids is 3. The van der Waals surface area contributed by atoms with Gasteiger partial charge in [-0.05, 0) is 60.2 Å². The molecule has 0 aliphatic heterocycles. The number of thioether (sulfide) groups is 1. The Bertz CT molecular complexity index is 1610. The predicted octanol–water partition coefficient (Wildman–Crippen LogP) is 7.50. The number of nitrogens with one attached hydrogen (secondary N) is 3. The van der Waals surface area contributed by atoms with Crippen LogP contribution in [0.2, 0.25) is 5.02 Å². The van der Waals surface area contributed by atoms with Crippen LogP contribution in [0.3, 0.4) is 0 Å². The molecule has 0 fully saturated rings. The molecule has 4 aromatic rings. The van der Waals surface area contributed by atoms with Crippen molar-refractivity contribution >= 4 is 58.5 Å². The second-order valence-corrected chi connectivity index (χ2v) is 10.3. The number of rotatable bonds is 9. The minimum Gasteiger partial charge on any atom is -0.324 e. The third-order valence-corrected chi connectivity index (χ3v) is 6.99. The molecule has 0 atom stereocenters. The molecule has 0 radical (unpaired) electrons. The first-order chi connectivity index (χ1) is 20.1. The van der Waals surface area contributed by atoms with Crippen molar-refractivity contribution in [2.75, 3.05) is 16.4 Å². The van der Waals surface area contributed by atoms with E-state index in [0.717, 1.165) is 30.0 Å². The Balaban J connectivity index is 1.43. The third kappa shape index (κ3) is 8.73. The van der Waals surface area contributed by atoms with Gasteiger partial charge in [0.1, 0.15) is 5.70 Å². The minimum atomic E-state index is -4.58. The summed E-state index contributed by atoms with van der Waals surface area (Å²) in [6.07, 6.45) is -3.03. The van der Waals surface area contributed by atoms with Crippen LogP contribution in [0.4, 0.5) is 24.5 Å². The fourth-order valence-electron chi connectivity index (χ4n) is 3.65. The molecule has 0 aliphatic rings. The van der Waals surface area contributed by atoms with Crippen LogP contribution in [0.15, 0.2) is 114 Å². The molecule has 0 aromatic heterocycles. The van der Waals surface area contributed by atoms with Gasteiger partial charge in [0, 0.05) is 16.1 Å². The molecule has 6 nitrogen and oxygen atoms in total. The topological polar surface area (TPSA) is 87.3 Å². The summed E-state index contributed by atoms with van der Waals surface area (Å²) in [6, 6.07) is 26.8. The van der Waals surface area contributed by atoms with Gasteiger partial charge >= 0.3 is 6.18 Å². The quantitative estimate of drug-likeness (QED) is 0.135. The molecule has 11 heteroatoms. The summed E-state index contributed by atoms with van der Waals surface area (Å²) in [4.78, 5) is 39.1. The lowest BCUT2D eigenvalue weighted by Gasteiger charge is -2.13. The number of hydrogen-bond acceptors (Lipinski definition) is 4. The number of alkyl halides is 3. The molecule has 0 spiro atoms. The van der Waals surface area contributed by atoms with E-state index in [4.69, 9.17) is 11.6 Å². The van der Waals surface area contributed by atoms with Gasteiger partial charge in [-0.25, -0.2) is 0 Å². The van der Waals surface area contributed by atoms with Crippen molar-refractivity contribution in [1.82, 2.24) is 5.32 Å². The normalized spacial score (nSPS) is 11.5. The number of benzene rings is 4. The molecule has 0 unspecified atom stereocenters. The van der Waals surface area contributed by atoms with E-state index in [2.05, 4.69) is 16.0 Å². The number of amides is 3. The molecule has 0 bridgehead atoms. The van der Waals surface area contributed by atoms with Crippen molar-refractivity contribution in [2.45, 2.75) is 11.1 Å². The Kier molecular flexibility index (Phi) is 10.1. The van der Waals surface area contributed by atoms with Crippen LogP contribution in [0.1, 0.15) is 21.5 Å². The molecule has 4 aromatic carbocycles. The molecular formula is C31H23ClF3N3O3S. The summed E-state index contributed by atoms with van der Waals surface area (Å²) < 4.78 is 39.1. The second kappa shape index (κ2) is 13.9. The van der Waals surface area contributed by atoms with E-state index in [9.17, 15) is 27.6 Å². The van der Waals surface area contributed by atoms with E-state index >= 15 is 0 Å². The summed E-state index contributed by atoms with van der Waals surface area (Å²) in [5, 5.41) is 7.80. The fourth-order valence-corrected chi connectivity index (χ4v) is 4.57. The van der Waals surface area contributed by atoms with Gasteiger partial charge in [-0.2, -0.15) is 13.2 Å². The smallest absolute Gasteiger partial charge is 0.324 e. The van der Waals surface area contributed by atoms with E-state index in [-0.39, 0.29) is 22.2 Å². The molecule has 42 heavy (non-hydrogen) atoms. The van der Waals surface area contributed by atoms with Gasteiger partial charge < -0.3 is 16.0 Å². The van der Waals surface area contributed by atoms with Crippen LogP contribution in [-0.2, 0) is 15.8 Å². The first kappa shape index (κ1) is 30.4. The molecule has 214 valence electrons. The van der Waals surface area contributed by atoms with E-state index in [1.165, 1.54) is 0 Å². The third-order valence-electron chi connectivity index (χ3n) is 5.67. The molecule has 0 aliphatic carbocycles. The van der Waals surface area contributed by atoms with Crippen molar-refractivity contribution in [3.8, 4) is 0 Å². The van der Waals surface area contributed by atoms with E-state index < -0.39 is 29.5 Å². The van der Waals surface area contributed by atoms with Gasteiger partial charge in [0.25, 0.3) is 11.8 Å². The lowest BCUT2D eigenvalue weighted by atomic mass is 10.1. The molecule has 4 rings (SSSR count). The number of hydrogen-bond donors (Lipinski definition) is 3. The maximum absolute atomic E-state index is 13.2. The summed E-state index contributed by atoms with van der Waals surface area (Å²) in [7, 11) is 0. The Morgan fingerprint density at radius 3 is 2.19 bits per heavy atom. The highest BCUT2D eigenvalue weighted by molar-refractivity contribution is 8.00. The molecule has 0 saturated heterocycles. The SMILES string of the molecule is O=C(CSc1cccc(NC(=O)/C(=C/c2ccccc2)NC(=O)c2ccccc2)c1)Nc1cc(C(F)(F)F)ccc1Cl. The zero-order chi connectivity index (χ0) is 30.1. The highest BCUT2D eigenvalue weighted by Gasteiger charge is 2.31. The first-order valence-electron chi connectivity index (χ1n) is 12.4. The van der Waals surface area contributed by atoms with Crippen LogP contribution in [0.5, 0.6) is 0 Å². The van der Waals surface area contributed by atoms with Crippen LogP contribution in [0.25, 0.3) is 6.08 Å². The average Bonchev–Trinajstić information content (AvgIpc) is 2.97. The van der Waals surface area contributed by atoms with Gasteiger partial charge in [-0.1, -0.05) is 66.2 Å². The maximum atomic E-state index is 13.2. The highest BCUT2D eigenvalue weighted by atomic mass is 35.5. The Labute approximate surface area is 249 Å². The molecule has 3 N–H and O–H groups in total. The van der Waals surface area contributed by atoms with E-state index in [0.29, 0.717) is 21.7 Å². The Morgan fingerprint density at radius 1 is 0.810 bits per heavy atom. The van der Waals surface area contributed by atoms with Crippen LogP contribution < -0.4 is 16.0 Å². The van der Waals surface area contributed by atoms with E-state index in [1.54, 1.807) is 84.9 Å². The molecule has 0 saturated carbocycles. The second-order valence-electron chi connectivity index (χ2n) is 8.80. The minimum absolute atomic E-state index is 0.0189. The van der Waals surface area contributed by atoms with Gasteiger partial charge in [-0.15, -0.1) is 11.8 Å². The molecular weight excluding hydrogens is 587 g/mol. The summed E-state index contributed by atoms with van der Waals surface area (Å²) in [5.74, 6) is -1.71. The van der Waals surface area contributed by atoms with Crippen LogP contribution in [0, 0.1) is 0 Å². The van der Waals surface area contributed by atoms with Crippen molar-refractivity contribution in [1.29, 1.82) is 0 Å². The van der Waals surface area contributed by atoms with E-state index in [1.807, 2.05) is 6.07 Å². The van der Waals surface area contributed by atoms with Crippen molar-refractivity contribution in [2.24, 2.45) is 0 Å². The van der Waals surface area contributed by atoms with Gasteiger partial charge in [0.05, 0.1) is 22.0 Å². The Morgan fingerprint density at radius 2 is 1.50 bits per heavy atom. The Hall–Kier alpha value is -4.54. The fraction of sp³-hybridized carbons (Fsp3) is 0.0645. The molecule has 0 heterocycles. The van der Waals surface area contributed by atoms with Gasteiger partial charge in [0.15, 0.2) is 0 Å². The number of anilines is 2. The number of halogens is 4. The maximum Gasteiger partial charge on any atom is 0.416 e. The standard InChI is InChI=1S/C31H23ClF3N3O3S/c32-25-15-14-22(31(33,34)35)17-26(25)37-28(39)19-42-24-13-7-12-23(18-24)36-30(41)27(16-20-8-3-1-4-9-20)38-29(40)21-10-5-2-6-11-21/h1-18H,19H2,(H,36,41)(H,37,39)(H,38,40)/b27-16-. The zero-order valence-electron chi connectivity index (χ0n) is 21.7. The lowest BCUT2D eigenvalue weighted by molar-refractivity contribution is -0.137. The summed E-state index contributed by atoms with van der Waals surface area (Å²) in [6.45, 7) is 0. The highest BCUT2D eigenvalue weighted by Crippen LogP contribution is 2.34. The van der Waals surface area contributed by atoms with Crippen molar-refractivity contribution in [3.05, 3.63) is 131 Å². The summed E-state index contributed by atoms with van der Waals surface area (Å²) >= 11 is 7.07. The summed E-state index contributed by atoms with van der Waals surface area (Å²) in [5.41, 5.74) is 0.427. The molecule has 3 amide bonds. The zero-order valence-corrected chi connectivity index (χ0v) is 23.3. The average molecular weight is 610 g/mol. The van der Waals surface area contributed by atoms with Crippen LogP contribution >= 0.6 is 23.4 Å².